The Morgan fingerprint density at radius 2 is 1.90 bits per heavy atom. The lowest BCUT2D eigenvalue weighted by Gasteiger charge is -2.21. The van der Waals surface area contributed by atoms with Crippen LogP contribution in [0, 0.1) is 13.8 Å². The van der Waals surface area contributed by atoms with Crippen LogP contribution in [0.1, 0.15) is 21.5 Å². The number of aryl methyl sites for hydroxylation is 1. The average Bonchev–Trinajstić information content (AvgIpc) is 2.40. The molecule has 2 aromatic rings. The summed E-state index contributed by atoms with van der Waals surface area (Å²) >= 11 is 3.37. The first-order chi connectivity index (χ1) is 9.41. The molecule has 0 aliphatic rings. The molecule has 0 radical (unpaired) electrons. The zero-order valence-electron chi connectivity index (χ0n) is 11.8. The van der Waals surface area contributed by atoms with E-state index in [4.69, 9.17) is 5.73 Å². The molecule has 4 heteroatoms. The van der Waals surface area contributed by atoms with E-state index in [1.54, 1.807) is 18.0 Å². The highest BCUT2D eigenvalue weighted by Gasteiger charge is 2.18. The molecule has 0 aromatic heterocycles. The van der Waals surface area contributed by atoms with E-state index in [1.165, 1.54) is 0 Å². The van der Waals surface area contributed by atoms with Gasteiger partial charge in [0, 0.05) is 17.1 Å². The van der Waals surface area contributed by atoms with Gasteiger partial charge in [0.25, 0.3) is 5.91 Å². The van der Waals surface area contributed by atoms with Crippen LogP contribution in [-0.4, -0.2) is 13.0 Å². The van der Waals surface area contributed by atoms with Crippen molar-refractivity contribution in [2.45, 2.75) is 13.8 Å². The quantitative estimate of drug-likeness (QED) is 0.847. The molecule has 0 unspecified atom stereocenters. The monoisotopic (exact) mass is 332 g/mol. The Morgan fingerprint density at radius 3 is 2.55 bits per heavy atom. The molecule has 0 aliphatic heterocycles. The topological polar surface area (TPSA) is 46.3 Å². The normalized spacial score (nSPS) is 10.4. The zero-order chi connectivity index (χ0) is 14.9. The minimum atomic E-state index is -0.0553. The van der Waals surface area contributed by atoms with Gasteiger partial charge in [0.05, 0.1) is 11.4 Å². The third kappa shape index (κ3) is 2.70. The van der Waals surface area contributed by atoms with Crippen LogP contribution in [0.2, 0.25) is 0 Å². The molecule has 104 valence electrons. The predicted molar refractivity (Wildman–Crippen MR) is 87.2 cm³/mol. The van der Waals surface area contributed by atoms with Crippen LogP contribution >= 0.6 is 15.9 Å². The molecule has 3 nitrogen and oxygen atoms in total. The number of hydrogen-bond donors (Lipinski definition) is 1. The van der Waals surface area contributed by atoms with E-state index in [9.17, 15) is 4.79 Å². The van der Waals surface area contributed by atoms with Gasteiger partial charge in [0.15, 0.2) is 0 Å². The highest BCUT2D eigenvalue weighted by molar-refractivity contribution is 9.10. The summed E-state index contributed by atoms with van der Waals surface area (Å²) in [5.41, 5.74) is 10.1. The van der Waals surface area contributed by atoms with Gasteiger partial charge in [0.1, 0.15) is 0 Å². The van der Waals surface area contributed by atoms with Crippen molar-refractivity contribution in [3.63, 3.8) is 0 Å². The van der Waals surface area contributed by atoms with E-state index < -0.39 is 0 Å². The fraction of sp³-hybridized carbons (Fsp3) is 0.188. The molecule has 0 saturated carbocycles. The van der Waals surface area contributed by atoms with Gasteiger partial charge >= 0.3 is 0 Å². The van der Waals surface area contributed by atoms with E-state index in [2.05, 4.69) is 15.9 Å². The highest BCUT2D eigenvalue weighted by Crippen LogP contribution is 2.27. The first-order valence-electron chi connectivity index (χ1n) is 6.31. The molecule has 0 bridgehead atoms. The first-order valence-corrected chi connectivity index (χ1v) is 7.10. The Bertz CT molecular complexity index is 668. The SMILES string of the molecule is Cc1cccc(C(=O)N(C)c2ccc(Br)cc2N)c1C. The van der Waals surface area contributed by atoms with Crippen molar-refractivity contribution < 1.29 is 4.79 Å². The lowest BCUT2D eigenvalue weighted by atomic mass is 10.0. The van der Waals surface area contributed by atoms with Gasteiger partial charge in [-0.1, -0.05) is 28.1 Å². The van der Waals surface area contributed by atoms with Crippen molar-refractivity contribution in [2.24, 2.45) is 0 Å². The fourth-order valence-electron chi connectivity index (χ4n) is 2.10. The second-order valence-corrected chi connectivity index (χ2v) is 5.73. The Balaban J connectivity index is 2.40. The van der Waals surface area contributed by atoms with Crippen molar-refractivity contribution in [3.8, 4) is 0 Å². The summed E-state index contributed by atoms with van der Waals surface area (Å²) in [6.07, 6.45) is 0. The average molecular weight is 333 g/mol. The molecule has 1 amide bonds. The summed E-state index contributed by atoms with van der Waals surface area (Å²) in [5.74, 6) is -0.0553. The maximum atomic E-state index is 12.6. The summed E-state index contributed by atoms with van der Waals surface area (Å²) in [4.78, 5) is 14.2. The third-order valence-electron chi connectivity index (χ3n) is 3.49. The number of nitrogen functional groups attached to an aromatic ring is 1. The molecular formula is C16H17BrN2O. The Kier molecular flexibility index (Phi) is 4.14. The molecule has 2 aromatic carbocycles. The van der Waals surface area contributed by atoms with Crippen molar-refractivity contribution in [2.75, 3.05) is 17.7 Å². The van der Waals surface area contributed by atoms with Crippen molar-refractivity contribution >= 4 is 33.2 Å². The number of anilines is 2. The van der Waals surface area contributed by atoms with Crippen LogP contribution in [0.5, 0.6) is 0 Å². The third-order valence-corrected chi connectivity index (χ3v) is 3.98. The summed E-state index contributed by atoms with van der Waals surface area (Å²) in [6, 6.07) is 11.2. The second-order valence-electron chi connectivity index (χ2n) is 4.81. The molecule has 0 heterocycles. The summed E-state index contributed by atoms with van der Waals surface area (Å²) in [7, 11) is 1.74. The van der Waals surface area contributed by atoms with Gasteiger partial charge in [-0.15, -0.1) is 0 Å². The largest absolute Gasteiger partial charge is 0.397 e. The van der Waals surface area contributed by atoms with Crippen LogP contribution in [0.25, 0.3) is 0 Å². The van der Waals surface area contributed by atoms with E-state index in [0.717, 1.165) is 15.6 Å². The summed E-state index contributed by atoms with van der Waals surface area (Å²) < 4.78 is 0.895. The van der Waals surface area contributed by atoms with E-state index in [0.29, 0.717) is 16.9 Å². The Hall–Kier alpha value is -1.81. The standard InChI is InChI=1S/C16H17BrN2O/c1-10-5-4-6-13(11(10)2)16(20)19(3)15-8-7-12(17)9-14(15)18/h4-9H,18H2,1-3H3. The van der Waals surface area contributed by atoms with Crippen LogP contribution in [0.4, 0.5) is 11.4 Å². The van der Waals surface area contributed by atoms with Gasteiger partial charge in [-0.25, -0.2) is 0 Å². The lowest BCUT2D eigenvalue weighted by Crippen LogP contribution is -2.27. The lowest BCUT2D eigenvalue weighted by molar-refractivity contribution is 0.0992. The van der Waals surface area contributed by atoms with Gasteiger partial charge in [-0.05, 0) is 49.2 Å². The Labute approximate surface area is 127 Å². The molecule has 2 N–H and O–H groups in total. The second kappa shape index (κ2) is 5.67. The molecule has 0 fully saturated rings. The Morgan fingerprint density at radius 1 is 1.20 bits per heavy atom. The zero-order valence-corrected chi connectivity index (χ0v) is 13.4. The van der Waals surface area contributed by atoms with Gasteiger partial charge in [0.2, 0.25) is 0 Å². The van der Waals surface area contributed by atoms with Gasteiger partial charge < -0.3 is 10.6 Å². The van der Waals surface area contributed by atoms with Crippen LogP contribution < -0.4 is 10.6 Å². The van der Waals surface area contributed by atoms with Crippen molar-refractivity contribution in [1.82, 2.24) is 0 Å². The number of halogens is 1. The molecule has 0 saturated heterocycles. The number of benzene rings is 2. The molecule has 0 aliphatic carbocycles. The van der Waals surface area contributed by atoms with Gasteiger partial charge in [-0.3, -0.25) is 4.79 Å². The number of hydrogen-bond acceptors (Lipinski definition) is 2. The van der Waals surface area contributed by atoms with Crippen LogP contribution in [-0.2, 0) is 0 Å². The fourth-order valence-corrected chi connectivity index (χ4v) is 2.48. The molecule has 20 heavy (non-hydrogen) atoms. The summed E-state index contributed by atoms with van der Waals surface area (Å²) in [6.45, 7) is 3.96. The van der Waals surface area contributed by atoms with E-state index in [1.807, 2.05) is 44.2 Å². The maximum absolute atomic E-state index is 12.6. The van der Waals surface area contributed by atoms with Crippen molar-refractivity contribution in [3.05, 3.63) is 57.6 Å². The smallest absolute Gasteiger partial charge is 0.258 e. The molecule has 0 atom stereocenters. The van der Waals surface area contributed by atoms with E-state index in [-0.39, 0.29) is 5.91 Å². The van der Waals surface area contributed by atoms with E-state index >= 15 is 0 Å². The number of carbonyl (C=O) groups excluding carboxylic acids is 1. The number of amides is 1. The minimum Gasteiger partial charge on any atom is -0.397 e. The predicted octanol–water partition coefficient (Wildman–Crippen LogP) is 3.92. The number of nitrogens with zero attached hydrogens (tertiary/aromatic N) is 1. The highest BCUT2D eigenvalue weighted by atomic mass is 79.9. The molecular weight excluding hydrogens is 316 g/mol. The number of nitrogens with two attached hydrogens (primary N) is 1. The first kappa shape index (κ1) is 14.6. The minimum absolute atomic E-state index is 0.0553. The summed E-state index contributed by atoms with van der Waals surface area (Å²) in [5, 5.41) is 0. The number of rotatable bonds is 2. The maximum Gasteiger partial charge on any atom is 0.258 e. The van der Waals surface area contributed by atoms with Crippen LogP contribution in [0.3, 0.4) is 0 Å². The number of carbonyl (C=O) groups is 1. The van der Waals surface area contributed by atoms with Crippen LogP contribution in [0.15, 0.2) is 40.9 Å². The van der Waals surface area contributed by atoms with Gasteiger partial charge in [-0.2, -0.15) is 0 Å². The van der Waals surface area contributed by atoms with Crippen molar-refractivity contribution in [1.29, 1.82) is 0 Å². The molecule has 0 spiro atoms. The molecule has 2 rings (SSSR count).